The number of nitrogens with one attached hydrogen (secondary N) is 2. The molecule has 4 nitrogen and oxygen atoms in total. The molecule has 2 rings (SSSR count). The van der Waals surface area contributed by atoms with E-state index < -0.39 is 0 Å². The van der Waals surface area contributed by atoms with Crippen molar-refractivity contribution in [1.82, 2.24) is 10.3 Å². The van der Waals surface area contributed by atoms with Crippen molar-refractivity contribution in [2.75, 3.05) is 0 Å². The van der Waals surface area contributed by atoms with Crippen LogP contribution in [0.4, 0.5) is 0 Å². The van der Waals surface area contributed by atoms with Crippen LogP contribution in [0.2, 0.25) is 10.0 Å². The van der Waals surface area contributed by atoms with Gasteiger partial charge in [-0.05, 0) is 23.8 Å². The Labute approximate surface area is 119 Å². The van der Waals surface area contributed by atoms with Crippen molar-refractivity contribution in [3.8, 4) is 0 Å². The molecule has 6 heteroatoms. The number of carbonyl (C=O) groups is 1. The second kappa shape index (κ2) is 5.91. The van der Waals surface area contributed by atoms with Crippen LogP contribution >= 0.6 is 23.2 Å². The zero-order valence-corrected chi connectivity index (χ0v) is 11.3. The molecule has 0 bridgehead atoms. The topological polar surface area (TPSA) is 62.0 Å². The lowest BCUT2D eigenvalue weighted by molar-refractivity contribution is 0.0950. The van der Waals surface area contributed by atoms with Gasteiger partial charge in [-0.25, -0.2) is 0 Å². The van der Waals surface area contributed by atoms with Crippen LogP contribution in [0, 0.1) is 0 Å². The first-order valence-corrected chi connectivity index (χ1v) is 6.23. The van der Waals surface area contributed by atoms with E-state index in [1.54, 1.807) is 18.2 Å². The fourth-order valence-electron chi connectivity index (χ4n) is 1.53. The van der Waals surface area contributed by atoms with E-state index in [-0.39, 0.29) is 18.0 Å². The third-order valence-corrected chi connectivity index (χ3v) is 3.08. The Bertz CT molecular complexity index is 668. The summed E-state index contributed by atoms with van der Waals surface area (Å²) in [6.07, 6.45) is 1.42. The molecule has 1 aromatic carbocycles. The summed E-state index contributed by atoms with van der Waals surface area (Å²) in [6.45, 7) is 0.266. The van der Waals surface area contributed by atoms with E-state index in [2.05, 4.69) is 10.3 Å². The first-order chi connectivity index (χ1) is 9.06. The van der Waals surface area contributed by atoms with E-state index in [0.29, 0.717) is 15.6 Å². The third-order valence-electron chi connectivity index (χ3n) is 2.49. The molecule has 1 heterocycles. The highest BCUT2D eigenvalue weighted by molar-refractivity contribution is 6.35. The van der Waals surface area contributed by atoms with Crippen LogP contribution in [0.3, 0.4) is 0 Å². The van der Waals surface area contributed by atoms with Gasteiger partial charge in [0.25, 0.3) is 5.91 Å². The van der Waals surface area contributed by atoms with E-state index >= 15 is 0 Å². The van der Waals surface area contributed by atoms with Crippen molar-refractivity contribution < 1.29 is 4.79 Å². The van der Waals surface area contributed by atoms with Gasteiger partial charge in [0, 0.05) is 34.4 Å². The summed E-state index contributed by atoms with van der Waals surface area (Å²) in [6, 6.07) is 7.81. The van der Waals surface area contributed by atoms with Gasteiger partial charge in [-0.1, -0.05) is 29.3 Å². The summed E-state index contributed by atoms with van der Waals surface area (Å²) in [5, 5.41) is 3.71. The maximum atomic E-state index is 11.8. The molecule has 2 aromatic rings. The Morgan fingerprint density at radius 1 is 1.21 bits per heavy atom. The normalized spacial score (nSPS) is 10.2. The molecule has 0 radical (unpaired) electrons. The number of aromatic amines is 1. The number of rotatable bonds is 3. The summed E-state index contributed by atoms with van der Waals surface area (Å²) < 4.78 is 0. The predicted molar refractivity (Wildman–Crippen MR) is 74.7 cm³/mol. The maximum absolute atomic E-state index is 11.8. The molecule has 0 aliphatic carbocycles. The monoisotopic (exact) mass is 296 g/mol. The van der Waals surface area contributed by atoms with Crippen LogP contribution in [0.5, 0.6) is 0 Å². The Kier molecular flexibility index (Phi) is 4.24. The number of carbonyl (C=O) groups excluding carboxylic acids is 1. The molecule has 0 saturated carbocycles. The Morgan fingerprint density at radius 3 is 2.68 bits per heavy atom. The van der Waals surface area contributed by atoms with Gasteiger partial charge in [-0.15, -0.1) is 0 Å². The summed E-state index contributed by atoms with van der Waals surface area (Å²) in [4.78, 5) is 25.3. The van der Waals surface area contributed by atoms with Gasteiger partial charge < -0.3 is 10.3 Å². The third kappa shape index (κ3) is 3.59. The zero-order chi connectivity index (χ0) is 13.8. The number of aromatic nitrogens is 1. The highest BCUT2D eigenvalue weighted by Crippen LogP contribution is 2.20. The lowest BCUT2D eigenvalue weighted by Crippen LogP contribution is -2.24. The average molecular weight is 297 g/mol. The number of halogens is 2. The largest absolute Gasteiger partial charge is 0.348 e. The fraction of sp³-hybridized carbons (Fsp3) is 0.0769. The van der Waals surface area contributed by atoms with Crippen molar-refractivity contribution in [2.45, 2.75) is 6.54 Å². The first-order valence-electron chi connectivity index (χ1n) is 5.47. The van der Waals surface area contributed by atoms with Gasteiger partial charge in [0.2, 0.25) is 5.56 Å². The van der Waals surface area contributed by atoms with Crippen LogP contribution in [0.25, 0.3) is 0 Å². The molecule has 1 amide bonds. The molecule has 2 N–H and O–H groups in total. The predicted octanol–water partition coefficient (Wildman–Crippen LogP) is 2.61. The van der Waals surface area contributed by atoms with Crippen molar-refractivity contribution in [3.05, 3.63) is 68.1 Å². The molecular formula is C13H10Cl2N2O2. The van der Waals surface area contributed by atoms with Crippen LogP contribution in [-0.2, 0) is 6.54 Å². The van der Waals surface area contributed by atoms with Crippen LogP contribution in [0.1, 0.15) is 15.9 Å². The molecule has 0 saturated heterocycles. The van der Waals surface area contributed by atoms with Crippen molar-refractivity contribution >= 4 is 29.1 Å². The SMILES string of the molecule is O=C(NCc1ccc(Cl)cc1Cl)c1cc[nH]c(=O)c1. The minimum Gasteiger partial charge on any atom is -0.348 e. The van der Waals surface area contributed by atoms with Crippen molar-refractivity contribution in [2.24, 2.45) is 0 Å². The van der Waals surface area contributed by atoms with E-state index in [0.717, 1.165) is 5.56 Å². The van der Waals surface area contributed by atoms with Crippen molar-refractivity contribution in [1.29, 1.82) is 0 Å². The van der Waals surface area contributed by atoms with Crippen LogP contribution < -0.4 is 10.9 Å². The summed E-state index contributed by atoms with van der Waals surface area (Å²) in [7, 11) is 0. The second-order valence-corrected chi connectivity index (χ2v) is 4.70. The van der Waals surface area contributed by atoms with Crippen molar-refractivity contribution in [3.63, 3.8) is 0 Å². The highest BCUT2D eigenvalue weighted by Gasteiger charge is 2.07. The molecule has 0 fully saturated rings. The molecule has 1 aromatic heterocycles. The second-order valence-electron chi connectivity index (χ2n) is 3.86. The standard InChI is InChI=1S/C13H10Cl2N2O2/c14-10-2-1-9(11(15)6-10)7-17-13(19)8-3-4-16-12(18)5-8/h1-6H,7H2,(H,16,18)(H,17,19). The molecule has 0 aliphatic heterocycles. The summed E-state index contributed by atoms with van der Waals surface area (Å²) >= 11 is 11.8. The van der Waals surface area contributed by atoms with E-state index in [1.165, 1.54) is 18.3 Å². The number of H-pyrrole nitrogens is 1. The quantitative estimate of drug-likeness (QED) is 0.914. The highest BCUT2D eigenvalue weighted by atomic mass is 35.5. The van der Waals surface area contributed by atoms with Gasteiger partial charge in [0.1, 0.15) is 0 Å². The molecule has 0 aliphatic rings. The molecule has 0 spiro atoms. The minimum absolute atomic E-state index is 0.266. The zero-order valence-electron chi connectivity index (χ0n) is 9.74. The van der Waals surface area contributed by atoms with E-state index in [9.17, 15) is 9.59 Å². The number of pyridine rings is 1. The molecular weight excluding hydrogens is 287 g/mol. The van der Waals surface area contributed by atoms with Crippen LogP contribution in [-0.4, -0.2) is 10.9 Å². The van der Waals surface area contributed by atoms with Crippen LogP contribution in [0.15, 0.2) is 41.3 Å². The summed E-state index contributed by atoms with van der Waals surface area (Å²) in [5.74, 6) is -0.336. The van der Waals surface area contributed by atoms with Gasteiger partial charge in [0.05, 0.1) is 0 Å². The fourth-order valence-corrected chi connectivity index (χ4v) is 2.00. The number of amides is 1. The Balaban J connectivity index is 2.06. The average Bonchev–Trinajstić information content (AvgIpc) is 2.37. The number of benzene rings is 1. The lowest BCUT2D eigenvalue weighted by atomic mass is 10.2. The van der Waals surface area contributed by atoms with E-state index in [1.807, 2.05) is 0 Å². The molecule has 98 valence electrons. The van der Waals surface area contributed by atoms with Gasteiger partial charge in [-0.2, -0.15) is 0 Å². The van der Waals surface area contributed by atoms with Gasteiger partial charge >= 0.3 is 0 Å². The summed E-state index contributed by atoms with van der Waals surface area (Å²) in [5.41, 5.74) is 0.732. The molecule has 0 atom stereocenters. The van der Waals surface area contributed by atoms with Gasteiger partial charge in [0.15, 0.2) is 0 Å². The maximum Gasteiger partial charge on any atom is 0.251 e. The minimum atomic E-state index is -0.336. The van der Waals surface area contributed by atoms with Gasteiger partial charge in [-0.3, -0.25) is 9.59 Å². The Morgan fingerprint density at radius 2 is 2.00 bits per heavy atom. The lowest BCUT2D eigenvalue weighted by Gasteiger charge is -2.07. The smallest absolute Gasteiger partial charge is 0.251 e. The number of hydrogen-bond acceptors (Lipinski definition) is 2. The number of hydrogen-bond donors (Lipinski definition) is 2. The first kappa shape index (κ1) is 13.6. The van der Waals surface area contributed by atoms with E-state index in [4.69, 9.17) is 23.2 Å². The molecule has 19 heavy (non-hydrogen) atoms. The Hall–Kier alpha value is -1.78. The molecule has 0 unspecified atom stereocenters.